The summed E-state index contributed by atoms with van der Waals surface area (Å²) in [6.45, 7) is 0.0630. The smallest absolute Gasteiger partial charge is 0.229 e. The fourth-order valence-electron chi connectivity index (χ4n) is 3.69. The van der Waals surface area contributed by atoms with E-state index in [2.05, 4.69) is 0 Å². The summed E-state index contributed by atoms with van der Waals surface area (Å²) in [5, 5.41) is 0. The first kappa shape index (κ1) is 7.95. The summed E-state index contributed by atoms with van der Waals surface area (Å²) in [7, 11) is 0. The van der Waals surface area contributed by atoms with Gasteiger partial charge in [0.05, 0.1) is 12.6 Å². The Hall–Kier alpha value is -1.35. The van der Waals surface area contributed by atoms with E-state index in [4.69, 9.17) is 8.85 Å². The van der Waals surface area contributed by atoms with Crippen molar-refractivity contribution in [3.05, 3.63) is 35.9 Å². The molecule has 0 bridgehead atoms. The van der Waals surface area contributed by atoms with Crippen LogP contribution >= 0.6 is 0 Å². The van der Waals surface area contributed by atoms with Crippen LogP contribution in [0.4, 0.5) is 0 Å². The van der Waals surface area contributed by atoms with Crippen LogP contribution in [0.15, 0.2) is 30.3 Å². The molecule has 1 unspecified atom stereocenters. The zero-order valence-electron chi connectivity index (χ0n) is 13.2. The highest BCUT2D eigenvalue weighted by atomic mass is 16.5. The van der Waals surface area contributed by atoms with Crippen LogP contribution in [0.25, 0.3) is 0 Å². The lowest BCUT2D eigenvalue weighted by Gasteiger charge is -2.27. The van der Waals surface area contributed by atoms with Crippen molar-refractivity contribution in [1.82, 2.24) is 4.90 Å². The number of carbonyl (C=O) groups is 1. The van der Waals surface area contributed by atoms with Gasteiger partial charge in [0.15, 0.2) is 6.23 Å². The third kappa shape index (κ3) is 1.11. The van der Waals surface area contributed by atoms with Crippen molar-refractivity contribution >= 4 is 5.91 Å². The van der Waals surface area contributed by atoms with E-state index in [1.807, 2.05) is 30.3 Å². The van der Waals surface area contributed by atoms with Gasteiger partial charge >= 0.3 is 0 Å². The second-order valence-corrected chi connectivity index (χ2v) is 5.70. The SMILES string of the molecule is [2H]C([2H])([2H])C1(C)[C@@H]2[C@H]3CO[C@H](c4ccccc4)N3C(=O)[C@@H]21. The van der Waals surface area contributed by atoms with Crippen LogP contribution in [0.2, 0.25) is 0 Å². The van der Waals surface area contributed by atoms with Crippen molar-refractivity contribution in [2.75, 3.05) is 6.61 Å². The van der Waals surface area contributed by atoms with Crippen molar-refractivity contribution < 1.29 is 13.6 Å². The molecule has 3 heteroatoms. The molecule has 4 rings (SSSR count). The molecule has 1 saturated carbocycles. The maximum atomic E-state index is 12.7. The van der Waals surface area contributed by atoms with Crippen molar-refractivity contribution in [1.29, 1.82) is 0 Å². The molecule has 0 spiro atoms. The topological polar surface area (TPSA) is 29.5 Å². The second-order valence-electron chi connectivity index (χ2n) is 5.70. The Labute approximate surface area is 111 Å². The summed E-state index contributed by atoms with van der Waals surface area (Å²) in [5.74, 6) is -0.536. The van der Waals surface area contributed by atoms with Crippen LogP contribution in [0, 0.1) is 17.3 Å². The second kappa shape index (κ2) is 3.15. The van der Waals surface area contributed by atoms with Gasteiger partial charge < -0.3 is 9.64 Å². The van der Waals surface area contributed by atoms with Gasteiger partial charge in [-0.3, -0.25) is 4.79 Å². The fraction of sp³-hybridized carbons (Fsp3) is 0.533. The first-order valence-corrected chi connectivity index (χ1v) is 6.36. The number of benzene rings is 1. The zero-order chi connectivity index (χ0) is 15.0. The van der Waals surface area contributed by atoms with Crippen LogP contribution in [0.5, 0.6) is 0 Å². The predicted octanol–water partition coefficient (Wildman–Crippen LogP) is 2.20. The number of carbonyl (C=O) groups excluding carboxylic acids is 1. The number of amides is 1. The number of rotatable bonds is 1. The number of piperidine rings is 1. The summed E-state index contributed by atoms with van der Waals surface area (Å²) in [6.07, 6.45) is -0.364. The standard InChI is InChI=1S/C15H17NO2/c1-15(2)11-10-8-18-14(9-6-4-3-5-7-9)16(10)13(17)12(11)15/h3-7,10-12,14H,8H2,1-2H3/t10-,11-,12-,14-/m1/s1/i1D3/t10-,11-,12-,14-,15?. The van der Waals surface area contributed by atoms with Gasteiger partial charge in [-0.25, -0.2) is 0 Å². The number of hydrogen-bond donors (Lipinski definition) is 0. The van der Waals surface area contributed by atoms with Crippen LogP contribution in [0.1, 0.15) is 29.7 Å². The third-order valence-electron chi connectivity index (χ3n) is 4.64. The molecule has 1 aromatic carbocycles. The van der Waals surface area contributed by atoms with E-state index in [-0.39, 0.29) is 30.0 Å². The normalized spacial score (nSPS) is 48.2. The van der Waals surface area contributed by atoms with Crippen LogP contribution < -0.4 is 0 Å². The summed E-state index contributed by atoms with van der Waals surface area (Å²) < 4.78 is 29.0. The molecule has 0 radical (unpaired) electrons. The number of ether oxygens (including phenoxy) is 1. The van der Waals surface area contributed by atoms with Crippen molar-refractivity contribution in [2.24, 2.45) is 17.3 Å². The monoisotopic (exact) mass is 246 g/mol. The molecule has 1 aliphatic carbocycles. The fourth-order valence-corrected chi connectivity index (χ4v) is 3.69. The maximum Gasteiger partial charge on any atom is 0.229 e. The average molecular weight is 246 g/mol. The molecule has 2 heterocycles. The summed E-state index contributed by atoms with van der Waals surface area (Å²) in [6, 6.07) is 9.53. The van der Waals surface area contributed by atoms with Gasteiger partial charge in [-0.2, -0.15) is 0 Å². The van der Waals surface area contributed by atoms with E-state index in [1.165, 1.54) is 0 Å². The first-order chi connectivity index (χ1) is 9.87. The lowest BCUT2D eigenvalue weighted by Crippen LogP contribution is -2.37. The molecule has 3 aliphatic rings. The van der Waals surface area contributed by atoms with Gasteiger partial charge in [-0.15, -0.1) is 0 Å². The van der Waals surface area contributed by atoms with Gasteiger partial charge in [-0.05, 0) is 11.3 Å². The number of nitrogens with zero attached hydrogens (tertiary/aromatic N) is 1. The van der Waals surface area contributed by atoms with Gasteiger partial charge in [0.25, 0.3) is 0 Å². The molecule has 0 N–H and O–H groups in total. The summed E-state index contributed by atoms with van der Waals surface area (Å²) in [4.78, 5) is 14.4. The molecule has 2 aliphatic heterocycles. The minimum absolute atomic E-state index is 0.0602. The highest BCUT2D eigenvalue weighted by Crippen LogP contribution is 2.67. The molecule has 3 fully saturated rings. The van der Waals surface area contributed by atoms with Crippen molar-refractivity contribution in [3.63, 3.8) is 0 Å². The first-order valence-electron chi connectivity index (χ1n) is 7.86. The summed E-state index contributed by atoms with van der Waals surface area (Å²) in [5.41, 5.74) is 0.0745. The van der Waals surface area contributed by atoms with E-state index >= 15 is 0 Å². The molecule has 2 saturated heterocycles. The lowest BCUT2D eigenvalue weighted by atomic mass is 10.0. The van der Waals surface area contributed by atoms with Gasteiger partial charge in [0.2, 0.25) is 5.91 Å². The predicted molar refractivity (Wildman–Crippen MR) is 66.5 cm³/mol. The highest BCUT2D eigenvalue weighted by Gasteiger charge is 2.73. The molecule has 0 aromatic heterocycles. The zero-order valence-corrected chi connectivity index (χ0v) is 10.2. The van der Waals surface area contributed by atoms with Crippen molar-refractivity contribution in [3.8, 4) is 0 Å². The van der Waals surface area contributed by atoms with E-state index in [1.54, 1.807) is 11.8 Å². The molecular weight excluding hydrogens is 226 g/mol. The molecule has 1 aromatic rings. The Morgan fingerprint density at radius 2 is 2.22 bits per heavy atom. The minimum Gasteiger partial charge on any atom is -0.352 e. The highest BCUT2D eigenvalue weighted by molar-refractivity contribution is 5.87. The largest absolute Gasteiger partial charge is 0.352 e. The Bertz CT molecular complexity index is 603. The van der Waals surface area contributed by atoms with E-state index in [9.17, 15) is 4.79 Å². The van der Waals surface area contributed by atoms with E-state index in [0.29, 0.717) is 6.61 Å². The quantitative estimate of drug-likeness (QED) is 0.760. The van der Waals surface area contributed by atoms with Crippen LogP contribution in [-0.2, 0) is 9.53 Å². The Morgan fingerprint density at radius 1 is 1.44 bits per heavy atom. The Kier molecular flexibility index (Phi) is 1.39. The number of hydrogen-bond acceptors (Lipinski definition) is 2. The Morgan fingerprint density at radius 3 is 2.94 bits per heavy atom. The molecule has 94 valence electrons. The molecular formula is C15H17NO2. The minimum atomic E-state index is -2.09. The average Bonchev–Trinajstić information content (AvgIpc) is 2.78. The molecule has 1 amide bonds. The maximum absolute atomic E-state index is 12.7. The van der Waals surface area contributed by atoms with Crippen molar-refractivity contribution in [2.45, 2.75) is 26.0 Å². The van der Waals surface area contributed by atoms with Crippen LogP contribution in [-0.4, -0.2) is 23.5 Å². The lowest BCUT2D eigenvalue weighted by molar-refractivity contribution is -0.137. The Balaban J connectivity index is 1.65. The van der Waals surface area contributed by atoms with E-state index in [0.717, 1.165) is 5.56 Å². The number of fused-ring (bicyclic) bond motifs is 3. The van der Waals surface area contributed by atoms with Gasteiger partial charge in [0.1, 0.15) is 0 Å². The van der Waals surface area contributed by atoms with Crippen LogP contribution in [0.3, 0.4) is 0 Å². The third-order valence-corrected chi connectivity index (χ3v) is 4.64. The molecule has 18 heavy (non-hydrogen) atoms. The van der Waals surface area contributed by atoms with E-state index < -0.39 is 12.3 Å². The molecule has 5 atom stereocenters. The molecule has 3 nitrogen and oxygen atoms in total. The van der Waals surface area contributed by atoms with Gasteiger partial charge in [0, 0.05) is 15.6 Å². The van der Waals surface area contributed by atoms with Gasteiger partial charge in [-0.1, -0.05) is 44.1 Å². The summed E-state index contributed by atoms with van der Waals surface area (Å²) >= 11 is 0.